The van der Waals surface area contributed by atoms with Gasteiger partial charge in [0.1, 0.15) is 11.8 Å². The molecule has 0 heterocycles. The molecule has 6 nitrogen and oxygen atoms in total. The van der Waals surface area contributed by atoms with Crippen LogP contribution in [-0.2, 0) is 11.2 Å². The first-order chi connectivity index (χ1) is 10.1. The van der Waals surface area contributed by atoms with E-state index in [-0.39, 0.29) is 11.4 Å². The first-order valence-corrected chi connectivity index (χ1v) is 6.32. The normalized spacial score (nSPS) is 11.7. The van der Waals surface area contributed by atoms with Crippen LogP contribution in [0.3, 0.4) is 0 Å². The van der Waals surface area contributed by atoms with Crippen molar-refractivity contribution in [3.05, 3.63) is 70.3 Å². The van der Waals surface area contributed by atoms with Crippen molar-refractivity contribution in [2.45, 2.75) is 12.5 Å². The monoisotopic (exact) mass is 286 g/mol. The van der Waals surface area contributed by atoms with Crippen molar-refractivity contribution < 1.29 is 14.5 Å². The van der Waals surface area contributed by atoms with Crippen LogP contribution in [0.4, 0.5) is 5.69 Å². The lowest BCUT2D eigenvalue weighted by molar-refractivity contribution is -0.384. The van der Waals surface area contributed by atoms with Crippen molar-refractivity contribution in [3.8, 4) is 5.75 Å². The number of ether oxygens (including phenoxy) is 1. The van der Waals surface area contributed by atoms with Crippen molar-refractivity contribution in [2.24, 2.45) is 5.73 Å². The van der Waals surface area contributed by atoms with E-state index in [2.05, 4.69) is 0 Å². The second-order valence-corrected chi connectivity index (χ2v) is 4.47. The molecule has 6 heteroatoms. The minimum absolute atomic E-state index is 0.0663. The quantitative estimate of drug-likeness (QED) is 0.393. The van der Waals surface area contributed by atoms with E-state index in [1.165, 1.54) is 24.3 Å². The van der Waals surface area contributed by atoms with E-state index < -0.39 is 16.9 Å². The number of nitro benzene ring substituents is 1. The maximum atomic E-state index is 11.9. The lowest BCUT2D eigenvalue weighted by Crippen LogP contribution is -2.36. The molecule has 1 atom stereocenters. The van der Waals surface area contributed by atoms with Gasteiger partial charge in [0.05, 0.1) is 4.92 Å². The Bertz CT molecular complexity index is 626. The summed E-state index contributed by atoms with van der Waals surface area (Å²) in [5.41, 5.74) is 6.66. The number of hydrogen-bond donors (Lipinski definition) is 1. The van der Waals surface area contributed by atoms with E-state index in [4.69, 9.17) is 10.5 Å². The molecule has 0 fully saturated rings. The molecule has 0 aliphatic carbocycles. The van der Waals surface area contributed by atoms with E-state index in [9.17, 15) is 14.9 Å². The molecule has 0 unspecified atom stereocenters. The maximum Gasteiger partial charge on any atom is 0.328 e. The third-order valence-corrected chi connectivity index (χ3v) is 2.87. The van der Waals surface area contributed by atoms with Gasteiger partial charge in [0.2, 0.25) is 0 Å². The van der Waals surface area contributed by atoms with Crippen LogP contribution in [0.2, 0.25) is 0 Å². The number of hydrogen-bond acceptors (Lipinski definition) is 5. The van der Waals surface area contributed by atoms with Crippen molar-refractivity contribution in [1.29, 1.82) is 0 Å². The number of benzene rings is 2. The summed E-state index contributed by atoms with van der Waals surface area (Å²) >= 11 is 0. The van der Waals surface area contributed by atoms with Gasteiger partial charge in [-0.1, -0.05) is 30.3 Å². The van der Waals surface area contributed by atoms with E-state index in [1.54, 1.807) is 0 Å². The molecule has 21 heavy (non-hydrogen) atoms. The summed E-state index contributed by atoms with van der Waals surface area (Å²) in [6.45, 7) is 0. The van der Waals surface area contributed by atoms with E-state index >= 15 is 0 Å². The first-order valence-electron chi connectivity index (χ1n) is 6.32. The van der Waals surface area contributed by atoms with Gasteiger partial charge in [-0.05, 0) is 24.1 Å². The second-order valence-electron chi connectivity index (χ2n) is 4.47. The van der Waals surface area contributed by atoms with Crippen LogP contribution < -0.4 is 10.5 Å². The number of esters is 1. The van der Waals surface area contributed by atoms with Gasteiger partial charge in [0.25, 0.3) is 5.69 Å². The maximum absolute atomic E-state index is 11.9. The van der Waals surface area contributed by atoms with Gasteiger partial charge in [-0.25, -0.2) is 4.79 Å². The summed E-state index contributed by atoms with van der Waals surface area (Å²) in [4.78, 5) is 21.9. The molecule has 0 spiro atoms. The van der Waals surface area contributed by atoms with Gasteiger partial charge >= 0.3 is 5.97 Å². The Balaban J connectivity index is 1.95. The topological polar surface area (TPSA) is 95.5 Å². The highest BCUT2D eigenvalue weighted by atomic mass is 16.6. The average molecular weight is 286 g/mol. The van der Waals surface area contributed by atoms with E-state index in [0.717, 1.165) is 5.56 Å². The number of rotatable bonds is 5. The summed E-state index contributed by atoms with van der Waals surface area (Å²) < 4.78 is 5.10. The lowest BCUT2D eigenvalue weighted by Gasteiger charge is -2.11. The number of carbonyl (C=O) groups is 1. The molecular weight excluding hydrogens is 272 g/mol. The summed E-state index contributed by atoms with van der Waals surface area (Å²) in [5.74, 6) is -0.346. The van der Waals surface area contributed by atoms with Crippen LogP contribution in [-0.4, -0.2) is 16.9 Å². The molecule has 0 bridgehead atoms. The molecule has 0 radical (unpaired) electrons. The zero-order chi connectivity index (χ0) is 15.2. The van der Waals surface area contributed by atoms with Crippen molar-refractivity contribution in [2.75, 3.05) is 0 Å². The van der Waals surface area contributed by atoms with Crippen molar-refractivity contribution in [1.82, 2.24) is 0 Å². The number of non-ortho nitro benzene ring substituents is 1. The summed E-state index contributed by atoms with van der Waals surface area (Å²) in [6, 6.07) is 13.8. The molecular formula is C15H14N2O4. The fourth-order valence-electron chi connectivity index (χ4n) is 1.78. The Labute approximate surface area is 121 Å². The largest absolute Gasteiger partial charge is 0.425 e. The molecule has 2 aromatic rings. The van der Waals surface area contributed by atoms with Gasteiger partial charge in [-0.15, -0.1) is 0 Å². The molecule has 108 valence electrons. The lowest BCUT2D eigenvalue weighted by atomic mass is 10.1. The molecule has 0 saturated carbocycles. The van der Waals surface area contributed by atoms with Crippen LogP contribution in [0, 0.1) is 10.1 Å². The fourth-order valence-corrected chi connectivity index (χ4v) is 1.78. The summed E-state index contributed by atoms with van der Waals surface area (Å²) in [7, 11) is 0. The molecule has 2 rings (SSSR count). The predicted octanol–water partition coefficient (Wildman–Crippen LogP) is 2.07. The van der Waals surface area contributed by atoms with Gasteiger partial charge in [0.15, 0.2) is 0 Å². The number of nitrogens with two attached hydrogens (primary N) is 1. The van der Waals surface area contributed by atoms with Gasteiger partial charge in [-0.3, -0.25) is 10.1 Å². The predicted molar refractivity (Wildman–Crippen MR) is 76.9 cm³/mol. The highest BCUT2D eigenvalue weighted by Crippen LogP contribution is 2.17. The van der Waals surface area contributed by atoms with Gasteiger partial charge < -0.3 is 10.5 Å². The zero-order valence-electron chi connectivity index (χ0n) is 11.1. The molecule has 2 aromatic carbocycles. The Morgan fingerprint density at radius 2 is 1.76 bits per heavy atom. The third-order valence-electron chi connectivity index (χ3n) is 2.87. The number of nitrogens with zero attached hydrogens (tertiary/aromatic N) is 1. The minimum atomic E-state index is -0.789. The Kier molecular flexibility index (Phi) is 4.63. The Morgan fingerprint density at radius 3 is 2.33 bits per heavy atom. The highest BCUT2D eigenvalue weighted by molar-refractivity contribution is 5.78. The zero-order valence-corrected chi connectivity index (χ0v) is 11.1. The Morgan fingerprint density at radius 1 is 1.14 bits per heavy atom. The van der Waals surface area contributed by atoms with Crippen LogP contribution in [0.15, 0.2) is 54.6 Å². The van der Waals surface area contributed by atoms with E-state index in [0.29, 0.717) is 6.42 Å². The minimum Gasteiger partial charge on any atom is -0.425 e. The smallest absolute Gasteiger partial charge is 0.328 e. The fraction of sp³-hybridized carbons (Fsp3) is 0.133. The van der Waals surface area contributed by atoms with Crippen LogP contribution in [0.25, 0.3) is 0 Å². The SMILES string of the molecule is N[C@@H](Cc1ccccc1)C(=O)Oc1ccc([N+](=O)[O-])cc1. The van der Waals surface area contributed by atoms with Gasteiger partial charge in [0, 0.05) is 12.1 Å². The second kappa shape index (κ2) is 6.62. The van der Waals surface area contributed by atoms with Crippen LogP contribution in [0.5, 0.6) is 5.75 Å². The molecule has 0 aromatic heterocycles. The summed E-state index contributed by atoms with van der Waals surface area (Å²) in [6.07, 6.45) is 0.368. The molecule has 0 saturated heterocycles. The van der Waals surface area contributed by atoms with Crippen LogP contribution in [0.1, 0.15) is 5.56 Å². The molecule has 0 amide bonds. The standard InChI is InChI=1S/C15H14N2O4/c16-14(10-11-4-2-1-3-5-11)15(18)21-13-8-6-12(7-9-13)17(19)20/h1-9,14H,10,16H2/t14-/m0/s1. The third kappa shape index (κ3) is 4.12. The van der Waals surface area contributed by atoms with Gasteiger partial charge in [-0.2, -0.15) is 0 Å². The molecule has 2 N–H and O–H groups in total. The Hall–Kier alpha value is -2.73. The molecule has 0 aliphatic rings. The van der Waals surface area contributed by atoms with Crippen molar-refractivity contribution in [3.63, 3.8) is 0 Å². The average Bonchev–Trinajstić information content (AvgIpc) is 2.48. The van der Waals surface area contributed by atoms with Crippen LogP contribution >= 0.6 is 0 Å². The number of nitro groups is 1. The summed E-state index contributed by atoms with van der Waals surface area (Å²) in [5, 5.41) is 10.5. The van der Waals surface area contributed by atoms with E-state index in [1.807, 2.05) is 30.3 Å². The molecule has 0 aliphatic heterocycles. The first kappa shape index (κ1) is 14.7. The highest BCUT2D eigenvalue weighted by Gasteiger charge is 2.17. The van der Waals surface area contributed by atoms with Crippen molar-refractivity contribution >= 4 is 11.7 Å². The number of carbonyl (C=O) groups excluding carboxylic acids is 1.